The molecule has 0 fully saturated rings. The van der Waals surface area contributed by atoms with Crippen molar-refractivity contribution in [2.75, 3.05) is 6.61 Å². The van der Waals surface area contributed by atoms with Gasteiger partial charge in [-0.15, -0.1) is 11.3 Å². The molecule has 0 N–H and O–H groups in total. The Labute approximate surface area is 121 Å². The third-order valence-corrected chi connectivity index (χ3v) is 4.33. The molecule has 0 bridgehead atoms. The summed E-state index contributed by atoms with van der Waals surface area (Å²) in [6, 6.07) is 3.75. The number of rotatable bonds is 4. The van der Waals surface area contributed by atoms with Gasteiger partial charge in [0, 0.05) is 10.5 Å². The molecular formula is C13H9BrF2O2S. The van der Waals surface area contributed by atoms with Crippen molar-refractivity contribution in [3.05, 3.63) is 50.1 Å². The Morgan fingerprint density at radius 3 is 2.68 bits per heavy atom. The van der Waals surface area contributed by atoms with Crippen LogP contribution in [0, 0.1) is 18.6 Å². The second-order valence-electron chi connectivity index (χ2n) is 3.84. The molecule has 2 nitrogen and oxygen atoms in total. The van der Waals surface area contributed by atoms with Gasteiger partial charge in [-0.05, 0) is 45.9 Å². The second-order valence-corrected chi connectivity index (χ2v) is 5.61. The first-order chi connectivity index (χ1) is 8.99. The minimum atomic E-state index is -0.995. The fourth-order valence-electron chi connectivity index (χ4n) is 1.49. The summed E-state index contributed by atoms with van der Waals surface area (Å²) in [5, 5.41) is 1.78. The number of aryl methyl sites for hydroxylation is 1. The molecule has 2 rings (SSSR count). The molecule has 0 atom stereocenters. The average Bonchev–Trinajstić information content (AvgIpc) is 2.78. The highest BCUT2D eigenvalue weighted by Crippen LogP contribution is 2.25. The number of hydrogen-bond acceptors (Lipinski definition) is 3. The Morgan fingerprint density at radius 1 is 1.37 bits per heavy atom. The van der Waals surface area contributed by atoms with Crippen molar-refractivity contribution < 1.29 is 18.3 Å². The SMILES string of the molecule is Cc1cc(F)c(F)cc1OCC(=O)c1sccc1Br. The maximum Gasteiger partial charge on any atom is 0.211 e. The highest BCUT2D eigenvalue weighted by molar-refractivity contribution is 9.10. The van der Waals surface area contributed by atoms with E-state index in [9.17, 15) is 13.6 Å². The Kier molecular flexibility index (Phi) is 4.31. The van der Waals surface area contributed by atoms with Crippen LogP contribution in [0.25, 0.3) is 0 Å². The quantitative estimate of drug-likeness (QED) is 0.769. The van der Waals surface area contributed by atoms with Gasteiger partial charge in [0.15, 0.2) is 18.2 Å². The normalized spacial score (nSPS) is 10.5. The molecule has 0 spiro atoms. The predicted molar refractivity (Wildman–Crippen MR) is 72.9 cm³/mol. The van der Waals surface area contributed by atoms with E-state index in [-0.39, 0.29) is 18.1 Å². The largest absolute Gasteiger partial charge is 0.485 e. The number of ether oxygens (including phenoxy) is 1. The number of benzene rings is 1. The summed E-state index contributed by atoms with van der Waals surface area (Å²) in [4.78, 5) is 12.4. The van der Waals surface area contributed by atoms with Crippen molar-refractivity contribution in [1.29, 1.82) is 0 Å². The average molecular weight is 347 g/mol. The molecule has 0 saturated carbocycles. The molecule has 0 radical (unpaired) electrons. The van der Waals surface area contributed by atoms with Gasteiger partial charge >= 0.3 is 0 Å². The first kappa shape index (κ1) is 14.1. The van der Waals surface area contributed by atoms with E-state index in [1.807, 2.05) is 0 Å². The fourth-order valence-corrected chi connectivity index (χ4v) is 3.00. The van der Waals surface area contributed by atoms with Crippen LogP contribution in [0.1, 0.15) is 15.2 Å². The first-order valence-corrected chi connectivity index (χ1v) is 7.01. The van der Waals surface area contributed by atoms with Gasteiger partial charge in [0.1, 0.15) is 5.75 Å². The number of halogens is 3. The van der Waals surface area contributed by atoms with Gasteiger partial charge in [0.25, 0.3) is 0 Å². The van der Waals surface area contributed by atoms with Crippen LogP contribution >= 0.6 is 27.3 Å². The molecule has 0 amide bonds. The smallest absolute Gasteiger partial charge is 0.211 e. The Bertz CT molecular complexity index is 625. The van der Waals surface area contributed by atoms with Gasteiger partial charge in [0.05, 0.1) is 4.88 Å². The van der Waals surface area contributed by atoms with Crippen molar-refractivity contribution in [1.82, 2.24) is 0 Å². The van der Waals surface area contributed by atoms with Crippen molar-refractivity contribution in [2.45, 2.75) is 6.92 Å². The number of hydrogen-bond donors (Lipinski definition) is 0. The summed E-state index contributed by atoms with van der Waals surface area (Å²) < 4.78 is 32.0. The van der Waals surface area contributed by atoms with E-state index in [2.05, 4.69) is 15.9 Å². The van der Waals surface area contributed by atoms with Crippen LogP contribution in [0.4, 0.5) is 8.78 Å². The third kappa shape index (κ3) is 3.19. The van der Waals surface area contributed by atoms with Crippen molar-refractivity contribution in [3.8, 4) is 5.75 Å². The molecule has 0 aliphatic heterocycles. The number of Topliss-reactive ketones (excluding diaryl/α,β-unsaturated/α-hetero) is 1. The lowest BCUT2D eigenvalue weighted by Gasteiger charge is -2.08. The lowest BCUT2D eigenvalue weighted by Crippen LogP contribution is -2.11. The summed E-state index contributed by atoms with van der Waals surface area (Å²) in [6.07, 6.45) is 0. The number of ketones is 1. The molecule has 0 aliphatic rings. The Balaban J connectivity index is 2.09. The maximum absolute atomic E-state index is 13.1. The number of carbonyl (C=O) groups is 1. The summed E-state index contributed by atoms with van der Waals surface area (Å²) in [5.41, 5.74) is 0.442. The summed E-state index contributed by atoms with van der Waals surface area (Å²) in [7, 11) is 0. The minimum Gasteiger partial charge on any atom is -0.485 e. The van der Waals surface area contributed by atoms with Crippen LogP contribution < -0.4 is 4.74 Å². The lowest BCUT2D eigenvalue weighted by molar-refractivity contribution is 0.0924. The highest BCUT2D eigenvalue weighted by atomic mass is 79.9. The third-order valence-electron chi connectivity index (χ3n) is 2.45. The van der Waals surface area contributed by atoms with Gasteiger partial charge < -0.3 is 4.74 Å². The molecule has 1 aromatic carbocycles. The molecule has 6 heteroatoms. The number of thiophene rings is 1. The van der Waals surface area contributed by atoms with Gasteiger partial charge in [-0.25, -0.2) is 8.78 Å². The fraction of sp³-hybridized carbons (Fsp3) is 0.154. The van der Waals surface area contributed by atoms with Crippen LogP contribution in [0.15, 0.2) is 28.1 Å². The zero-order valence-corrected chi connectivity index (χ0v) is 12.3. The van der Waals surface area contributed by atoms with E-state index in [0.29, 0.717) is 14.9 Å². The van der Waals surface area contributed by atoms with E-state index in [1.165, 1.54) is 11.3 Å². The molecule has 0 aliphatic carbocycles. The highest BCUT2D eigenvalue weighted by Gasteiger charge is 2.14. The standard InChI is InChI=1S/C13H9BrF2O2S/c1-7-4-9(15)10(16)5-12(7)18-6-11(17)13-8(14)2-3-19-13/h2-5H,6H2,1H3. The van der Waals surface area contributed by atoms with Crippen molar-refractivity contribution in [3.63, 3.8) is 0 Å². The second kappa shape index (κ2) is 5.79. The molecule has 100 valence electrons. The van der Waals surface area contributed by atoms with Crippen LogP contribution in [-0.2, 0) is 0 Å². The van der Waals surface area contributed by atoms with Gasteiger partial charge in [-0.2, -0.15) is 0 Å². The summed E-state index contributed by atoms with van der Waals surface area (Å²) in [5.74, 6) is -1.98. The predicted octanol–water partition coefficient (Wildman–Crippen LogP) is 4.36. The van der Waals surface area contributed by atoms with E-state index >= 15 is 0 Å². The molecule has 1 aromatic heterocycles. The Hall–Kier alpha value is -1.27. The lowest BCUT2D eigenvalue weighted by atomic mass is 10.2. The van der Waals surface area contributed by atoms with E-state index in [4.69, 9.17) is 4.74 Å². The first-order valence-electron chi connectivity index (χ1n) is 5.33. The van der Waals surface area contributed by atoms with Gasteiger partial charge in [-0.3, -0.25) is 4.79 Å². The van der Waals surface area contributed by atoms with Gasteiger partial charge in [0.2, 0.25) is 5.78 Å². The van der Waals surface area contributed by atoms with Crippen LogP contribution in [0.2, 0.25) is 0 Å². The van der Waals surface area contributed by atoms with E-state index < -0.39 is 11.6 Å². The van der Waals surface area contributed by atoms with Crippen LogP contribution in [0.3, 0.4) is 0 Å². The van der Waals surface area contributed by atoms with Gasteiger partial charge in [-0.1, -0.05) is 0 Å². The topological polar surface area (TPSA) is 26.3 Å². The van der Waals surface area contributed by atoms with Crippen molar-refractivity contribution in [2.24, 2.45) is 0 Å². The molecule has 0 saturated heterocycles. The van der Waals surface area contributed by atoms with Crippen LogP contribution in [0.5, 0.6) is 5.75 Å². The number of carbonyl (C=O) groups excluding carboxylic acids is 1. The maximum atomic E-state index is 13.1. The minimum absolute atomic E-state index is 0.167. The Morgan fingerprint density at radius 2 is 2.05 bits per heavy atom. The molecule has 1 heterocycles. The summed E-state index contributed by atoms with van der Waals surface area (Å²) in [6.45, 7) is 1.37. The molecule has 2 aromatic rings. The monoisotopic (exact) mass is 346 g/mol. The molecule has 19 heavy (non-hydrogen) atoms. The van der Waals surface area contributed by atoms with Crippen LogP contribution in [-0.4, -0.2) is 12.4 Å². The van der Waals surface area contributed by atoms with Crippen molar-refractivity contribution >= 4 is 33.0 Å². The van der Waals surface area contributed by atoms with E-state index in [0.717, 1.165) is 12.1 Å². The zero-order chi connectivity index (χ0) is 14.0. The van der Waals surface area contributed by atoms with E-state index in [1.54, 1.807) is 18.4 Å². The molecular weight excluding hydrogens is 338 g/mol. The zero-order valence-electron chi connectivity index (χ0n) is 9.88. The molecule has 0 unspecified atom stereocenters. The summed E-state index contributed by atoms with van der Waals surface area (Å²) >= 11 is 4.55.